The Balaban J connectivity index is 1.80. The molecule has 0 radical (unpaired) electrons. The summed E-state index contributed by atoms with van der Waals surface area (Å²) in [7, 11) is 0. The molecule has 1 aliphatic rings. The van der Waals surface area contributed by atoms with Crippen LogP contribution in [0.25, 0.3) is 6.08 Å². The maximum Gasteiger partial charge on any atom is 0.0245 e. The van der Waals surface area contributed by atoms with Gasteiger partial charge in [-0.25, -0.2) is 0 Å². The molecule has 0 bridgehead atoms. The molecule has 1 aromatic rings. The molecule has 0 aromatic heterocycles. The van der Waals surface area contributed by atoms with Crippen LogP contribution < -0.4 is 0 Å². The Kier molecular flexibility index (Phi) is 8.02. The molecule has 0 atom stereocenters. The third-order valence-electron chi connectivity index (χ3n) is 4.91. The van der Waals surface area contributed by atoms with Crippen molar-refractivity contribution in [2.75, 3.05) is 0 Å². The lowest BCUT2D eigenvalue weighted by Gasteiger charge is -2.25. The zero-order chi connectivity index (χ0) is 16.3. The van der Waals surface area contributed by atoms with E-state index in [1.807, 2.05) is 0 Å². The Hall–Kier alpha value is -1.48. The van der Waals surface area contributed by atoms with Crippen LogP contribution >= 0.6 is 0 Å². The van der Waals surface area contributed by atoms with Gasteiger partial charge in [-0.2, -0.15) is 0 Å². The third kappa shape index (κ3) is 6.66. The maximum atomic E-state index is 3.52. The Morgan fingerprint density at radius 3 is 2.39 bits per heavy atom. The highest BCUT2D eigenvalue weighted by Gasteiger charge is 2.19. The van der Waals surface area contributed by atoms with E-state index in [-0.39, 0.29) is 0 Å². The Morgan fingerprint density at radius 1 is 1.00 bits per heavy atom. The molecule has 1 aliphatic carbocycles. The molecular formula is C23H32. The molecule has 0 heterocycles. The summed E-state index contributed by atoms with van der Waals surface area (Å²) in [5.74, 6) is 8.51. The predicted octanol–water partition coefficient (Wildman–Crippen LogP) is 6.85. The summed E-state index contributed by atoms with van der Waals surface area (Å²) in [4.78, 5) is 0. The third-order valence-corrected chi connectivity index (χ3v) is 4.91. The van der Waals surface area contributed by atoms with E-state index in [2.05, 4.69) is 62.1 Å². The van der Waals surface area contributed by atoms with E-state index in [0.29, 0.717) is 5.92 Å². The molecule has 0 aliphatic heterocycles. The Bertz CT molecular complexity index is 515. The summed E-state index contributed by atoms with van der Waals surface area (Å²) in [6, 6.07) is 8.67. The van der Waals surface area contributed by atoms with Gasteiger partial charge < -0.3 is 0 Å². The maximum absolute atomic E-state index is 3.52. The first-order chi connectivity index (χ1) is 11.3. The monoisotopic (exact) mass is 308 g/mol. The summed E-state index contributed by atoms with van der Waals surface area (Å²) < 4.78 is 0. The lowest BCUT2D eigenvalue weighted by atomic mass is 9.80. The molecule has 0 spiro atoms. The van der Waals surface area contributed by atoms with Crippen LogP contribution in [0.1, 0.15) is 82.8 Å². The summed E-state index contributed by atoms with van der Waals surface area (Å²) in [5, 5.41) is 0. The SMILES string of the molecule is CCC/C=C/c1ccc(C#CC2CCC(CCCC)CC2)cc1. The Labute approximate surface area is 143 Å². The highest BCUT2D eigenvalue weighted by molar-refractivity contribution is 5.51. The van der Waals surface area contributed by atoms with Gasteiger partial charge in [0.25, 0.3) is 0 Å². The number of benzene rings is 1. The second kappa shape index (κ2) is 10.3. The normalized spacial score (nSPS) is 21.1. The van der Waals surface area contributed by atoms with E-state index < -0.39 is 0 Å². The van der Waals surface area contributed by atoms with Gasteiger partial charge in [0.05, 0.1) is 0 Å². The van der Waals surface area contributed by atoms with Crippen molar-refractivity contribution in [1.29, 1.82) is 0 Å². The zero-order valence-corrected chi connectivity index (χ0v) is 15.0. The molecule has 0 amide bonds. The fourth-order valence-electron chi connectivity index (χ4n) is 3.34. The van der Waals surface area contributed by atoms with E-state index in [4.69, 9.17) is 0 Å². The molecule has 0 heteroatoms. The topological polar surface area (TPSA) is 0 Å². The van der Waals surface area contributed by atoms with Gasteiger partial charge in [0.15, 0.2) is 0 Å². The van der Waals surface area contributed by atoms with E-state index in [1.54, 1.807) is 0 Å². The van der Waals surface area contributed by atoms with E-state index in [1.165, 1.54) is 56.9 Å². The highest BCUT2D eigenvalue weighted by atomic mass is 14.2. The molecule has 2 rings (SSSR count). The smallest absolute Gasteiger partial charge is 0.0245 e. The van der Waals surface area contributed by atoms with Crippen molar-refractivity contribution < 1.29 is 0 Å². The number of hydrogen-bond acceptors (Lipinski definition) is 0. The first-order valence-electron chi connectivity index (χ1n) is 9.60. The minimum atomic E-state index is 0.622. The van der Waals surface area contributed by atoms with Crippen LogP contribution in [-0.4, -0.2) is 0 Å². The van der Waals surface area contributed by atoms with Crippen LogP contribution in [0.3, 0.4) is 0 Å². The van der Waals surface area contributed by atoms with Crippen LogP contribution in [0, 0.1) is 23.7 Å². The van der Waals surface area contributed by atoms with E-state index >= 15 is 0 Å². The van der Waals surface area contributed by atoms with Crippen molar-refractivity contribution in [3.63, 3.8) is 0 Å². The van der Waals surface area contributed by atoms with Gasteiger partial charge in [0, 0.05) is 11.5 Å². The van der Waals surface area contributed by atoms with Crippen molar-refractivity contribution in [1.82, 2.24) is 0 Å². The molecule has 1 aromatic carbocycles. The van der Waals surface area contributed by atoms with Gasteiger partial charge in [-0.1, -0.05) is 75.7 Å². The van der Waals surface area contributed by atoms with Gasteiger partial charge in [-0.15, -0.1) is 0 Å². The largest absolute Gasteiger partial charge is 0.0945 e. The lowest BCUT2D eigenvalue weighted by molar-refractivity contribution is 0.296. The number of rotatable bonds is 6. The average Bonchev–Trinajstić information content (AvgIpc) is 2.60. The van der Waals surface area contributed by atoms with Crippen LogP contribution in [0.4, 0.5) is 0 Å². The second-order valence-electron chi connectivity index (χ2n) is 6.94. The van der Waals surface area contributed by atoms with Crippen molar-refractivity contribution in [3.8, 4) is 11.8 Å². The van der Waals surface area contributed by atoms with Gasteiger partial charge in [0.1, 0.15) is 0 Å². The highest BCUT2D eigenvalue weighted by Crippen LogP contribution is 2.31. The first-order valence-corrected chi connectivity index (χ1v) is 9.60. The van der Waals surface area contributed by atoms with Crippen LogP contribution in [0.2, 0.25) is 0 Å². The van der Waals surface area contributed by atoms with Gasteiger partial charge in [0.2, 0.25) is 0 Å². The Morgan fingerprint density at radius 2 is 1.74 bits per heavy atom. The molecular weight excluding hydrogens is 276 g/mol. The van der Waals surface area contributed by atoms with Gasteiger partial charge >= 0.3 is 0 Å². The van der Waals surface area contributed by atoms with Crippen molar-refractivity contribution in [3.05, 3.63) is 41.5 Å². The van der Waals surface area contributed by atoms with Crippen LogP contribution in [0.5, 0.6) is 0 Å². The van der Waals surface area contributed by atoms with Crippen molar-refractivity contribution in [2.24, 2.45) is 11.8 Å². The minimum absolute atomic E-state index is 0.622. The fraction of sp³-hybridized carbons (Fsp3) is 0.565. The fourth-order valence-corrected chi connectivity index (χ4v) is 3.34. The summed E-state index contributed by atoms with van der Waals surface area (Å²) in [5.41, 5.74) is 2.44. The van der Waals surface area contributed by atoms with Crippen LogP contribution in [-0.2, 0) is 0 Å². The molecule has 23 heavy (non-hydrogen) atoms. The summed E-state index contributed by atoms with van der Waals surface area (Å²) >= 11 is 0. The summed E-state index contributed by atoms with van der Waals surface area (Å²) in [6.07, 6.45) is 16.4. The standard InChI is InChI=1S/C23H32/c1-3-5-7-9-21-12-16-23(17-13-21)19-18-22-14-10-20(11-15-22)8-6-4-2/h7,9,12-13,16-17,20,22H,3-6,8,10-11,14-15H2,1-2H3/b9-7+. The molecule has 124 valence electrons. The van der Waals surface area contributed by atoms with E-state index in [9.17, 15) is 0 Å². The quantitative estimate of drug-likeness (QED) is 0.504. The van der Waals surface area contributed by atoms with Gasteiger partial charge in [-0.05, 0) is 55.7 Å². The minimum Gasteiger partial charge on any atom is -0.0945 e. The molecule has 0 N–H and O–H groups in total. The average molecular weight is 309 g/mol. The number of allylic oxidation sites excluding steroid dienone is 1. The van der Waals surface area contributed by atoms with Crippen molar-refractivity contribution in [2.45, 2.75) is 71.6 Å². The predicted molar refractivity (Wildman–Crippen MR) is 102 cm³/mol. The lowest BCUT2D eigenvalue weighted by Crippen LogP contribution is -2.13. The molecule has 0 saturated heterocycles. The number of hydrogen-bond donors (Lipinski definition) is 0. The van der Waals surface area contributed by atoms with Crippen molar-refractivity contribution >= 4 is 6.08 Å². The molecule has 1 fully saturated rings. The first kappa shape index (κ1) is 17.9. The molecule has 0 nitrogen and oxygen atoms in total. The molecule has 0 unspecified atom stereocenters. The van der Waals surface area contributed by atoms with Gasteiger partial charge in [-0.3, -0.25) is 0 Å². The zero-order valence-electron chi connectivity index (χ0n) is 15.0. The van der Waals surface area contributed by atoms with E-state index in [0.717, 1.165) is 17.9 Å². The summed E-state index contributed by atoms with van der Waals surface area (Å²) in [6.45, 7) is 4.50. The number of unbranched alkanes of at least 4 members (excludes halogenated alkanes) is 2. The van der Waals surface area contributed by atoms with Crippen LogP contribution in [0.15, 0.2) is 30.3 Å². The second-order valence-corrected chi connectivity index (χ2v) is 6.94. The molecule has 1 saturated carbocycles.